The minimum absolute atomic E-state index is 0.123. The van der Waals surface area contributed by atoms with Crippen molar-refractivity contribution < 1.29 is 14.7 Å². The van der Waals surface area contributed by atoms with E-state index in [0.717, 1.165) is 74.6 Å². The predicted molar refractivity (Wildman–Crippen MR) is 157 cm³/mol. The van der Waals surface area contributed by atoms with Crippen LogP contribution in [-0.2, 0) is 17.9 Å². The molecule has 8 heteroatoms. The van der Waals surface area contributed by atoms with E-state index in [1.54, 1.807) is 13.8 Å². The molecule has 3 aromatic rings. The summed E-state index contributed by atoms with van der Waals surface area (Å²) in [6.07, 6.45) is 6.97. The lowest BCUT2D eigenvalue weighted by atomic mass is 10.0. The van der Waals surface area contributed by atoms with Crippen molar-refractivity contribution in [3.05, 3.63) is 72.1 Å². The number of carboxylic acid groups (broad SMARTS) is 1. The van der Waals surface area contributed by atoms with Gasteiger partial charge < -0.3 is 15.0 Å². The zero-order chi connectivity index (χ0) is 27.8. The Morgan fingerprint density at radius 1 is 1.05 bits per heavy atom. The number of carboxylic acids is 1. The van der Waals surface area contributed by atoms with Crippen LogP contribution in [0.15, 0.2) is 65.7 Å². The summed E-state index contributed by atoms with van der Waals surface area (Å²) in [4.78, 5) is 32.8. The van der Waals surface area contributed by atoms with Gasteiger partial charge in [0.25, 0.3) is 5.91 Å². The van der Waals surface area contributed by atoms with Crippen LogP contribution in [-0.4, -0.2) is 55.3 Å². The molecule has 1 saturated heterocycles. The Balaban J connectivity index is 1.41. The van der Waals surface area contributed by atoms with Crippen LogP contribution in [0.3, 0.4) is 0 Å². The molecule has 1 amide bonds. The number of aryl methyl sites for hydroxylation is 1. The highest BCUT2D eigenvalue weighted by Crippen LogP contribution is 2.34. The summed E-state index contributed by atoms with van der Waals surface area (Å²) < 4.78 is 1.17. The number of nitrogens with one attached hydrogen (secondary N) is 1. The second-order valence-corrected chi connectivity index (χ2v) is 12.5. The van der Waals surface area contributed by atoms with E-state index in [2.05, 4.69) is 46.0 Å². The highest BCUT2D eigenvalue weighted by Gasteiger charge is 2.28. The quantitative estimate of drug-likeness (QED) is 0.210. The molecule has 1 aliphatic heterocycles. The molecule has 0 bridgehead atoms. The van der Waals surface area contributed by atoms with Crippen molar-refractivity contribution in [3.63, 3.8) is 0 Å². The first kappa shape index (κ1) is 28.9. The maximum Gasteiger partial charge on any atom is 0.319 e. The van der Waals surface area contributed by atoms with Crippen LogP contribution in [0.1, 0.15) is 68.9 Å². The van der Waals surface area contributed by atoms with E-state index in [9.17, 15) is 14.7 Å². The standard InChI is InChI=1S/C31H40N4O3S/c1-4-5-9-18-35-22-27(33-28(35)24-12-14-26(15-13-24)39-31(2,3)30(37)38)29(36)32-25-16-19-34(20-17-25)21-23-10-7-6-8-11-23/h6-8,10-15,22,25H,4-5,9,16-21H2,1-3H3,(H,32,36)(H,37,38). The number of benzene rings is 2. The fourth-order valence-electron chi connectivity index (χ4n) is 4.81. The summed E-state index contributed by atoms with van der Waals surface area (Å²) in [6.45, 7) is 9.23. The van der Waals surface area contributed by atoms with E-state index in [0.29, 0.717) is 5.69 Å². The Morgan fingerprint density at radius 3 is 2.38 bits per heavy atom. The van der Waals surface area contributed by atoms with Crippen molar-refractivity contribution in [2.24, 2.45) is 0 Å². The van der Waals surface area contributed by atoms with Gasteiger partial charge in [-0.25, -0.2) is 4.98 Å². The smallest absolute Gasteiger partial charge is 0.319 e. The van der Waals surface area contributed by atoms with Gasteiger partial charge in [-0.05, 0) is 50.8 Å². The molecular weight excluding hydrogens is 508 g/mol. The normalized spacial score (nSPS) is 14.8. The monoisotopic (exact) mass is 548 g/mol. The molecule has 1 fully saturated rings. The van der Waals surface area contributed by atoms with E-state index in [1.165, 1.54) is 17.3 Å². The van der Waals surface area contributed by atoms with E-state index < -0.39 is 10.7 Å². The van der Waals surface area contributed by atoms with Gasteiger partial charge in [0, 0.05) is 48.9 Å². The lowest BCUT2D eigenvalue weighted by Gasteiger charge is -2.32. The molecule has 39 heavy (non-hydrogen) atoms. The van der Waals surface area contributed by atoms with Crippen molar-refractivity contribution in [2.75, 3.05) is 13.1 Å². The van der Waals surface area contributed by atoms with Crippen LogP contribution >= 0.6 is 11.8 Å². The topological polar surface area (TPSA) is 87.5 Å². The first-order chi connectivity index (χ1) is 18.7. The van der Waals surface area contributed by atoms with E-state index in [-0.39, 0.29) is 11.9 Å². The molecule has 0 spiro atoms. The molecule has 2 aromatic carbocycles. The number of hydrogen-bond donors (Lipinski definition) is 2. The number of carbonyl (C=O) groups excluding carboxylic acids is 1. The number of carbonyl (C=O) groups is 2. The maximum absolute atomic E-state index is 13.2. The molecule has 7 nitrogen and oxygen atoms in total. The Morgan fingerprint density at radius 2 is 1.74 bits per heavy atom. The Bertz CT molecular complexity index is 1230. The lowest BCUT2D eigenvalue weighted by Crippen LogP contribution is -2.44. The van der Waals surface area contributed by atoms with Gasteiger partial charge in [0.15, 0.2) is 0 Å². The summed E-state index contributed by atoms with van der Waals surface area (Å²) in [6, 6.07) is 18.4. The Labute approximate surface area is 236 Å². The fourth-order valence-corrected chi connectivity index (χ4v) is 5.75. The summed E-state index contributed by atoms with van der Waals surface area (Å²) in [7, 11) is 0. The number of thioether (sulfide) groups is 1. The van der Waals surface area contributed by atoms with E-state index >= 15 is 0 Å². The Hall–Kier alpha value is -3.10. The third-order valence-electron chi connectivity index (χ3n) is 7.18. The number of piperidine rings is 1. The summed E-state index contributed by atoms with van der Waals surface area (Å²) in [5.74, 6) is -0.203. The summed E-state index contributed by atoms with van der Waals surface area (Å²) in [5, 5.41) is 12.7. The molecule has 0 atom stereocenters. The minimum Gasteiger partial charge on any atom is -0.480 e. The fraction of sp³-hybridized carbons (Fsp3) is 0.452. The maximum atomic E-state index is 13.2. The SMILES string of the molecule is CCCCCn1cc(C(=O)NC2CCN(Cc3ccccc3)CC2)nc1-c1ccc(SC(C)(C)C(=O)O)cc1. The number of aliphatic carboxylic acids is 1. The number of hydrogen-bond acceptors (Lipinski definition) is 5. The zero-order valence-corrected chi connectivity index (χ0v) is 24.0. The van der Waals surface area contributed by atoms with Gasteiger partial charge in [0.05, 0.1) is 0 Å². The number of imidazole rings is 1. The van der Waals surface area contributed by atoms with Gasteiger partial charge in [0.1, 0.15) is 16.3 Å². The first-order valence-electron chi connectivity index (χ1n) is 13.9. The van der Waals surface area contributed by atoms with Crippen molar-refractivity contribution in [1.82, 2.24) is 19.8 Å². The van der Waals surface area contributed by atoms with Crippen molar-refractivity contribution in [1.29, 1.82) is 0 Å². The third kappa shape index (κ3) is 7.96. The van der Waals surface area contributed by atoms with Crippen LogP contribution in [0.5, 0.6) is 0 Å². The number of unbranched alkanes of at least 4 members (excludes halogenated alkanes) is 2. The molecule has 0 unspecified atom stereocenters. The van der Waals surface area contributed by atoms with Crippen LogP contribution in [0, 0.1) is 0 Å². The van der Waals surface area contributed by atoms with Crippen LogP contribution in [0.4, 0.5) is 0 Å². The third-order valence-corrected chi connectivity index (χ3v) is 8.38. The summed E-state index contributed by atoms with van der Waals surface area (Å²) in [5.41, 5.74) is 2.68. The van der Waals surface area contributed by atoms with E-state index in [4.69, 9.17) is 4.98 Å². The second kappa shape index (κ2) is 13.3. The molecule has 4 rings (SSSR count). The molecule has 0 radical (unpaired) electrons. The van der Waals surface area contributed by atoms with Gasteiger partial charge in [-0.2, -0.15) is 0 Å². The first-order valence-corrected chi connectivity index (χ1v) is 14.7. The van der Waals surface area contributed by atoms with Crippen LogP contribution < -0.4 is 5.32 Å². The summed E-state index contributed by atoms with van der Waals surface area (Å²) >= 11 is 1.31. The van der Waals surface area contributed by atoms with Gasteiger partial charge in [-0.1, -0.05) is 62.2 Å². The molecule has 208 valence electrons. The zero-order valence-electron chi connectivity index (χ0n) is 23.2. The number of amides is 1. The van der Waals surface area contributed by atoms with Crippen molar-refractivity contribution >= 4 is 23.6 Å². The van der Waals surface area contributed by atoms with Crippen LogP contribution in [0.2, 0.25) is 0 Å². The molecule has 0 aliphatic carbocycles. The number of likely N-dealkylation sites (tertiary alicyclic amines) is 1. The molecule has 0 saturated carbocycles. The van der Waals surface area contributed by atoms with Gasteiger partial charge in [0.2, 0.25) is 0 Å². The van der Waals surface area contributed by atoms with Crippen LogP contribution in [0.25, 0.3) is 11.4 Å². The highest BCUT2D eigenvalue weighted by molar-refractivity contribution is 8.01. The molecule has 1 aromatic heterocycles. The van der Waals surface area contributed by atoms with Gasteiger partial charge in [-0.3, -0.25) is 14.5 Å². The average Bonchev–Trinajstić information content (AvgIpc) is 3.35. The van der Waals surface area contributed by atoms with E-state index in [1.807, 2.05) is 36.5 Å². The number of rotatable bonds is 12. The minimum atomic E-state index is -0.914. The van der Waals surface area contributed by atoms with Crippen molar-refractivity contribution in [3.8, 4) is 11.4 Å². The molecule has 2 heterocycles. The lowest BCUT2D eigenvalue weighted by molar-refractivity contribution is -0.138. The molecule has 1 aliphatic rings. The number of aromatic nitrogens is 2. The highest BCUT2D eigenvalue weighted by atomic mass is 32.2. The van der Waals surface area contributed by atoms with Crippen molar-refractivity contribution in [2.45, 2.75) is 81.6 Å². The average molecular weight is 549 g/mol. The predicted octanol–water partition coefficient (Wildman–Crippen LogP) is 6.09. The van der Waals surface area contributed by atoms with Gasteiger partial charge in [-0.15, -0.1) is 11.8 Å². The van der Waals surface area contributed by atoms with Gasteiger partial charge >= 0.3 is 5.97 Å². The second-order valence-electron chi connectivity index (χ2n) is 10.8. The molecule has 2 N–H and O–H groups in total. The molecular formula is C31H40N4O3S. The largest absolute Gasteiger partial charge is 0.480 e. The number of nitrogens with zero attached hydrogens (tertiary/aromatic N) is 3. The Kier molecular flexibility index (Phi) is 9.86.